The van der Waals surface area contributed by atoms with Crippen LogP contribution < -0.4 is 0 Å². The SMILES string of the molecule is c1ccc(-c2nc(-c3ccccc3)nc(-c3ccc4c(c3)oc3cc(-c5cc(-c6cccc7oc8ccccc8c67)cc6c5oc5ccccc56)ccc34)n2)cc1. The molecule has 0 N–H and O–H groups in total. The number of benzene rings is 8. The molecule has 4 aromatic heterocycles. The van der Waals surface area contributed by atoms with E-state index < -0.39 is 0 Å². The Morgan fingerprint density at radius 3 is 1.51 bits per heavy atom. The highest BCUT2D eigenvalue weighted by atomic mass is 16.3. The number of furan rings is 3. The fraction of sp³-hybridized carbons (Fsp3) is 0. The molecule has 0 fully saturated rings. The Balaban J connectivity index is 1.02. The number of hydrogen-bond donors (Lipinski definition) is 0. The van der Waals surface area contributed by atoms with Gasteiger partial charge in [-0.15, -0.1) is 0 Å². The number of rotatable bonds is 5. The number of nitrogens with zero attached hydrogens (tertiary/aromatic N) is 3. The lowest BCUT2D eigenvalue weighted by atomic mass is 9.93. The Morgan fingerprint density at radius 2 is 0.807 bits per heavy atom. The summed E-state index contributed by atoms with van der Waals surface area (Å²) in [5.41, 5.74) is 11.8. The van der Waals surface area contributed by atoms with Gasteiger partial charge in [0.2, 0.25) is 0 Å². The predicted molar refractivity (Wildman–Crippen MR) is 229 cm³/mol. The van der Waals surface area contributed by atoms with Crippen molar-refractivity contribution in [3.8, 4) is 56.4 Å². The highest BCUT2D eigenvalue weighted by Crippen LogP contribution is 2.44. The zero-order valence-corrected chi connectivity index (χ0v) is 30.3. The third-order valence-corrected chi connectivity index (χ3v) is 10.9. The monoisotopic (exact) mass is 731 g/mol. The summed E-state index contributed by atoms with van der Waals surface area (Å²) in [6, 6.07) is 59.8. The van der Waals surface area contributed by atoms with Crippen LogP contribution in [0.5, 0.6) is 0 Å². The van der Waals surface area contributed by atoms with Gasteiger partial charge in [0.25, 0.3) is 0 Å². The molecule has 0 atom stereocenters. The van der Waals surface area contributed by atoms with Crippen LogP contribution in [0.15, 0.2) is 189 Å². The average molecular weight is 732 g/mol. The van der Waals surface area contributed by atoms with Crippen LogP contribution in [0.3, 0.4) is 0 Å². The van der Waals surface area contributed by atoms with Gasteiger partial charge in [-0.25, -0.2) is 15.0 Å². The van der Waals surface area contributed by atoms with Crippen molar-refractivity contribution in [2.45, 2.75) is 0 Å². The van der Waals surface area contributed by atoms with Crippen LogP contribution in [0.4, 0.5) is 0 Å². The molecule has 0 unspecified atom stereocenters. The van der Waals surface area contributed by atoms with E-state index >= 15 is 0 Å². The largest absolute Gasteiger partial charge is 0.456 e. The molecule has 0 aliphatic rings. The third-order valence-electron chi connectivity index (χ3n) is 10.9. The van der Waals surface area contributed by atoms with Crippen molar-refractivity contribution >= 4 is 65.8 Å². The molecule has 0 saturated carbocycles. The summed E-state index contributed by atoms with van der Waals surface area (Å²) in [5, 5.41) is 6.36. The van der Waals surface area contributed by atoms with E-state index in [1.165, 1.54) is 0 Å². The number of fused-ring (bicyclic) bond motifs is 9. The Labute approximate surface area is 325 Å². The lowest BCUT2D eigenvalue weighted by molar-refractivity contribution is 0.668. The maximum atomic E-state index is 6.67. The van der Waals surface area contributed by atoms with Gasteiger partial charge in [0, 0.05) is 54.6 Å². The van der Waals surface area contributed by atoms with Crippen molar-refractivity contribution in [1.82, 2.24) is 15.0 Å². The van der Waals surface area contributed by atoms with E-state index in [-0.39, 0.29) is 0 Å². The maximum absolute atomic E-state index is 6.67. The summed E-state index contributed by atoms with van der Waals surface area (Å²) in [4.78, 5) is 14.8. The fourth-order valence-electron chi connectivity index (χ4n) is 8.23. The molecule has 0 amide bonds. The minimum Gasteiger partial charge on any atom is -0.456 e. The minimum absolute atomic E-state index is 0.579. The lowest BCUT2D eigenvalue weighted by Gasteiger charge is -2.09. The standard InChI is InChI=1S/C51H29N3O3/c1-3-12-30(13-4-1)49-52-50(31-14-5-2-6-15-31)54-51(53-49)33-23-25-38-37-24-22-32(28-45(37)56-46(38)29-33)40-26-34(27-41-36-16-7-9-19-42(36)57-48(40)41)35-18-11-21-44-47(35)39-17-8-10-20-43(39)55-44/h1-29H. The number of aromatic nitrogens is 3. The highest BCUT2D eigenvalue weighted by molar-refractivity contribution is 6.16. The molecule has 57 heavy (non-hydrogen) atoms. The summed E-state index contributed by atoms with van der Waals surface area (Å²) in [7, 11) is 0. The van der Waals surface area contributed by atoms with Gasteiger partial charge < -0.3 is 13.3 Å². The van der Waals surface area contributed by atoms with Crippen LogP contribution in [-0.2, 0) is 0 Å². The molecule has 8 aromatic carbocycles. The zero-order chi connectivity index (χ0) is 37.5. The molecule has 12 rings (SSSR count). The zero-order valence-electron chi connectivity index (χ0n) is 30.3. The van der Waals surface area contributed by atoms with Crippen molar-refractivity contribution in [3.05, 3.63) is 176 Å². The maximum Gasteiger partial charge on any atom is 0.164 e. The van der Waals surface area contributed by atoms with Crippen LogP contribution >= 0.6 is 0 Å². The van der Waals surface area contributed by atoms with Gasteiger partial charge in [0.05, 0.1) is 0 Å². The number of para-hydroxylation sites is 2. The average Bonchev–Trinajstić information content (AvgIpc) is 3.97. The van der Waals surface area contributed by atoms with Crippen molar-refractivity contribution in [1.29, 1.82) is 0 Å². The minimum atomic E-state index is 0.579. The molecular formula is C51H29N3O3. The fourth-order valence-corrected chi connectivity index (χ4v) is 8.23. The molecule has 0 aliphatic heterocycles. The Kier molecular flexibility index (Phi) is 6.83. The molecular weight excluding hydrogens is 703 g/mol. The lowest BCUT2D eigenvalue weighted by Crippen LogP contribution is -2.00. The second kappa shape index (κ2) is 12.3. The van der Waals surface area contributed by atoms with Crippen molar-refractivity contribution in [2.75, 3.05) is 0 Å². The molecule has 0 radical (unpaired) electrons. The van der Waals surface area contributed by atoms with Crippen LogP contribution in [0.1, 0.15) is 0 Å². The molecule has 12 aromatic rings. The van der Waals surface area contributed by atoms with E-state index in [9.17, 15) is 0 Å². The normalized spacial score (nSPS) is 11.9. The molecule has 4 heterocycles. The first-order valence-electron chi connectivity index (χ1n) is 18.9. The summed E-state index contributed by atoms with van der Waals surface area (Å²) in [5.74, 6) is 1.81. The molecule has 0 saturated heterocycles. The van der Waals surface area contributed by atoms with Crippen LogP contribution in [0.2, 0.25) is 0 Å². The molecule has 0 spiro atoms. The topological polar surface area (TPSA) is 78.1 Å². The Hall–Kier alpha value is -7.83. The van der Waals surface area contributed by atoms with E-state index in [2.05, 4.69) is 78.9 Å². The molecule has 6 heteroatoms. The molecule has 0 bridgehead atoms. The Bertz CT molecular complexity index is 3470. The van der Waals surface area contributed by atoms with Crippen molar-refractivity contribution in [2.24, 2.45) is 0 Å². The van der Waals surface area contributed by atoms with Crippen LogP contribution in [-0.4, -0.2) is 15.0 Å². The van der Waals surface area contributed by atoms with Crippen LogP contribution in [0.25, 0.3) is 122 Å². The molecule has 6 nitrogen and oxygen atoms in total. The smallest absolute Gasteiger partial charge is 0.164 e. The first kappa shape index (κ1) is 31.5. The van der Waals surface area contributed by atoms with Gasteiger partial charge in [-0.3, -0.25) is 0 Å². The summed E-state index contributed by atoms with van der Waals surface area (Å²) in [6.07, 6.45) is 0. The molecule has 266 valence electrons. The van der Waals surface area contributed by atoms with Crippen molar-refractivity contribution in [3.63, 3.8) is 0 Å². The van der Waals surface area contributed by atoms with E-state index in [1.807, 2.05) is 97.1 Å². The van der Waals surface area contributed by atoms with Crippen LogP contribution in [0, 0.1) is 0 Å². The second-order valence-electron chi connectivity index (χ2n) is 14.3. The summed E-state index contributed by atoms with van der Waals surface area (Å²) < 4.78 is 19.6. The third kappa shape index (κ3) is 5.08. The van der Waals surface area contributed by atoms with E-state index in [4.69, 9.17) is 28.2 Å². The summed E-state index contributed by atoms with van der Waals surface area (Å²) >= 11 is 0. The van der Waals surface area contributed by atoms with Crippen molar-refractivity contribution < 1.29 is 13.3 Å². The van der Waals surface area contributed by atoms with Gasteiger partial charge in [0.15, 0.2) is 17.5 Å². The highest BCUT2D eigenvalue weighted by Gasteiger charge is 2.20. The van der Waals surface area contributed by atoms with Gasteiger partial charge in [-0.2, -0.15) is 0 Å². The predicted octanol–water partition coefficient (Wildman–Crippen LogP) is 13.9. The Morgan fingerprint density at radius 1 is 0.281 bits per heavy atom. The first-order valence-corrected chi connectivity index (χ1v) is 18.9. The quantitative estimate of drug-likeness (QED) is 0.175. The van der Waals surface area contributed by atoms with E-state index in [1.54, 1.807) is 0 Å². The van der Waals surface area contributed by atoms with Gasteiger partial charge in [0.1, 0.15) is 33.5 Å². The van der Waals surface area contributed by atoms with Gasteiger partial charge >= 0.3 is 0 Å². The second-order valence-corrected chi connectivity index (χ2v) is 14.3. The van der Waals surface area contributed by atoms with Gasteiger partial charge in [-0.1, -0.05) is 121 Å². The van der Waals surface area contributed by atoms with E-state index in [0.717, 1.165) is 105 Å². The molecule has 0 aliphatic carbocycles. The number of hydrogen-bond acceptors (Lipinski definition) is 6. The van der Waals surface area contributed by atoms with Gasteiger partial charge in [-0.05, 0) is 71.3 Å². The first-order chi connectivity index (χ1) is 28.2. The van der Waals surface area contributed by atoms with E-state index in [0.29, 0.717) is 17.5 Å². The summed E-state index contributed by atoms with van der Waals surface area (Å²) in [6.45, 7) is 0.